The molecular formula is C57H75N13O11. The van der Waals surface area contributed by atoms with Crippen molar-refractivity contribution in [3.63, 3.8) is 0 Å². The van der Waals surface area contributed by atoms with E-state index in [0.717, 1.165) is 40.1 Å². The lowest BCUT2D eigenvalue weighted by molar-refractivity contribution is -0.142. The van der Waals surface area contributed by atoms with Crippen LogP contribution in [0.2, 0.25) is 0 Å². The third-order valence-corrected chi connectivity index (χ3v) is 13.9. The maximum absolute atomic E-state index is 14.5. The van der Waals surface area contributed by atoms with Crippen LogP contribution in [0.5, 0.6) is 0 Å². The van der Waals surface area contributed by atoms with Crippen molar-refractivity contribution in [3.05, 3.63) is 102 Å². The molecule has 1 aliphatic heterocycles. The number of nitrogens with zero attached hydrogens (tertiary/aromatic N) is 1. The second-order valence-electron chi connectivity index (χ2n) is 21.2. The largest absolute Gasteiger partial charge is 0.480 e. The van der Waals surface area contributed by atoms with E-state index in [1.165, 1.54) is 19.4 Å². The molecule has 0 saturated carbocycles. The van der Waals surface area contributed by atoms with E-state index in [-0.39, 0.29) is 44.4 Å². The van der Waals surface area contributed by atoms with Gasteiger partial charge in [0, 0.05) is 49.0 Å². The molecule has 0 spiro atoms. The Kier molecular flexibility index (Phi) is 22.4. The van der Waals surface area contributed by atoms with Crippen molar-refractivity contribution >= 4 is 80.8 Å². The number of hydrogen-bond donors (Lipinski definition) is 13. The normalized spacial score (nSPS) is 15.9. The summed E-state index contributed by atoms with van der Waals surface area (Å²) >= 11 is 0. The maximum atomic E-state index is 14.5. The first-order chi connectivity index (χ1) is 38.6. The summed E-state index contributed by atoms with van der Waals surface area (Å²) in [4.78, 5) is 145. The van der Waals surface area contributed by atoms with Crippen LogP contribution in [-0.4, -0.2) is 141 Å². The number of rotatable bonds is 29. The molecule has 2 aromatic heterocycles. The van der Waals surface area contributed by atoms with Crippen LogP contribution >= 0.6 is 0 Å². The van der Waals surface area contributed by atoms with Gasteiger partial charge in [-0.1, -0.05) is 94.8 Å². The topological polar surface area (TPSA) is 370 Å². The van der Waals surface area contributed by atoms with Crippen molar-refractivity contribution in [3.8, 4) is 0 Å². The number of piperidine rings is 1. The molecule has 5 aromatic rings. The van der Waals surface area contributed by atoms with Crippen molar-refractivity contribution in [2.45, 2.75) is 141 Å². The summed E-state index contributed by atoms with van der Waals surface area (Å²) in [6.07, 6.45) is 6.16. The maximum Gasteiger partial charge on any atom is 0.326 e. The first-order valence-corrected chi connectivity index (χ1v) is 27.3. The molecular weight excluding hydrogens is 1040 g/mol. The molecule has 81 heavy (non-hydrogen) atoms. The monoisotopic (exact) mass is 1120 g/mol. The number of aromatic amines is 2. The van der Waals surface area contributed by atoms with E-state index in [0.29, 0.717) is 24.2 Å². The van der Waals surface area contributed by atoms with Gasteiger partial charge < -0.3 is 68.7 Å². The fourth-order valence-electron chi connectivity index (χ4n) is 9.49. The number of nitrogens with one attached hydrogen (secondary N) is 11. The van der Waals surface area contributed by atoms with Gasteiger partial charge in [-0.3, -0.25) is 43.2 Å². The van der Waals surface area contributed by atoms with Gasteiger partial charge in [0.05, 0.1) is 24.6 Å². The molecule has 0 radical (unpaired) electrons. The Morgan fingerprint density at radius 1 is 0.667 bits per heavy atom. The second kappa shape index (κ2) is 29.5. The number of para-hydroxylation sites is 1. The summed E-state index contributed by atoms with van der Waals surface area (Å²) in [6, 6.07) is 10.9. The predicted octanol–water partition coefficient (Wildman–Crippen LogP) is 0.796. The lowest BCUT2D eigenvalue weighted by atomic mass is 9.99. The third-order valence-electron chi connectivity index (χ3n) is 13.9. The molecule has 0 unspecified atom stereocenters. The van der Waals surface area contributed by atoms with Crippen LogP contribution in [0.4, 0.5) is 0 Å². The molecule has 1 fully saturated rings. The number of carbonyl (C=O) groups excluding carboxylic acids is 9. The quantitative estimate of drug-likeness (QED) is 0.0316. The lowest BCUT2D eigenvalue weighted by Gasteiger charge is -2.28. The van der Waals surface area contributed by atoms with Crippen LogP contribution in [0.3, 0.4) is 0 Å². The highest BCUT2D eigenvalue weighted by molar-refractivity contribution is 5.98. The Balaban J connectivity index is 1.15. The van der Waals surface area contributed by atoms with Crippen molar-refractivity contribution in [1.82, 2.24) is 62.8 Å². The van der Waals surface area contributed by atoms with Crippen LogP contribution in [0.25, 0.3) is 21.7 Å². The van der Waals surface area contributed by atoms with Gasteiger partial charge in [-0.15, -0.1) is 0 Å². The van der Waals surface area contributed by atoms with Gasteiger partial charge in [-0.2, -0.15) is 0 Å². The zero-order valence-corrected chi connectivity index (χ0v) is 46.2. The lowest BCUT2D eigenvalue weighted by Crippen LogP contribution is -2.60. The Morgan fingerprint density at radius 2 is 1.32 bits per heavy atom. The molecule has 1 saturated heterocycles. The number of amides is 9. The minimum Gasteiger partial charge on any atom is -0.480 e. The van der Waals surface area contributed by atoms with Crippen LogP contribution in [0.15, 0.2) is 85.5 Å². The number of aliphatic carboxylic acids is 1. The van der Waals surface area contributed by atoms with Crippen molar-refractivity contribution in [2.24, 2.45) is 17.6 Å². The zero-order valence-electron chi connectivity index (χ0n) is 46.2. The van der Waals surface area contributed by atoms with E-state index in [1.54, 1.807) is 40.0 Å². The summed E-state index contributed by atoms with van der Waals surface area (Å²) in [5.74, 6) is -8.62. The molecule has 24 heteroatoms. The standard InChI is InChI=1S/C57H75N13O11/c1-31(2)22-46(57(80)81)69-55(78)45(26-38-28-59-30-63-38)65-48(72)29-62-56(79)49(32(3)4)70-50(73)33(5)64-53(76)44(25-37-27-61-40-15-9-8-14-39(37)40)68-52(75)42(19-20-47(58)71)66-54(77)43(67-51(74)41-16-10-11-21-60-41)24-34-17-18-35-12-6-7-13-36(35)23-34/h6-9,12-15,17-18,23,27-28,30-33,41-46,49,60-61H,10-11,16,19-22,24-26,29H2,1-5H3,(H2,58,71)(H,59,63)(H,62,79)(H,64,76)(H,65,72)(H,66,77)(H,67,74)(H,68,75)(H,69,78)(H,70,73)(H,80,81)/t33-,41-,42-,43+,44-,45-,46-,49-/m0/s1. The van der Waals surface area contributed by atoms with Crippen LogP contribution in [-0.2, 0) is 67.2 Å². The van der Waals surface area contributed by atoms with Gasteiger partial charge in [-0.05, 0) is 79.0 Å². The highest BCUT2D eigenvalue weighted by atomic mass is 16.4. The summed E-state index contributed by atoms with van der Waals surface area (Å²) in [7, 11) is 0. The van der Waals surface area contributed by atoms with Crippen LogP contribution in [0.1, 0.15) is 90.0 Å². The molecule has 14 N–H and O–H groups in total. The SMILES string of the molecule is CC(C)C[C@H](NC(=O)[C@H](Cc1c[nH]cn1)NC(=O)CNC(=O)[C@@H](NC(=O)[C@H](C)NC(=O)[C@H](Cc1c[nH]c2ccccc12)NC(=O)[C@H](CCC(N)=O)NC(=O)[C@@H](Cc1ccc2ccccc2c1)NC(=O)[C@@H]1CCCCN1)C(C)C)C(=O)O. The smallest absolute Gasteiger partial charge is 0.326 e. The second-order valence-corrected chi connectivity index (χ2v) is 21.2. The predicted molar refractivity (Wildman–Crippen MR) is 300 cm³/mol. The van der Waals surface area contributed by atoms with Crippen molar-refractivity contribution < 1.29 is 53.1 Å². The fourth-order valence-corrected chi connectivity index (χ4v) is 9.49. The van der Waals surface area contributed by atoms with Crippen LogP contribution in [0, 0.1) is 11.8 Å². The molecule has 434 valence electrons. The van der Waals surface area contributed by atoms with Crippen LogP contribution < -0.4 is 53.6 Å². The summed E-state index contributed by atoms with van der Waals surface area (Å²) < 4.78 is 0. The van der Waals surface area contributed by atoms with Crippen molar-refractivity contribution in [2.75, 3.05) is 13.1 Å². The van der Waals surface area contributed by atoms with E-state index >= 15 is 0 Å². The molecule has 24 nitrogen and oxygen atoms in total. The van der Waals surface area contributed by atoms with Gasteiger partial charge >= 0.3 is 5.97 Å². The molecule has 3 aromatic carbocycles. The summed E-state index contributed by atoms with van der Waals surface area (Å²) in [5.41, 5.74) is 8.03. The first kappa shape index (κ1) is 61.5. The number of imidazole rings is 1. The van der Waals surface area contributed by atoms with E-state index in [2.05, 4.69) is 62.8 Å². The Labute approximate surface area is 468 Å². The highest BCUT2D eigenvalue weighted by Gasteiger charge is 2.35. The number of hydrogen-bond acceptors (Lipinski definition) is 12. The number of carboxylic acid groups (broad SMARTS) is 1. The fraction of sp³-hybridized carbons (Fsp3) is 0.456. The first-order valence-electron chi connectivity index (χ1n) is 27.3. The average molecular weight is 1120 g/mol. The molecule has 3 heterocycles. The van der Waals surface area contributed by atoms with E-state index < -0.39 is 120 Å². The number of nitrogens with two attached hydrogens (primary N) is 1. The number of aromatic nitrogens is 3. The Bertz CT molecular complexity index is 3030. The number of fused-ring (bicyclic) bond motifs is 2. The average Bonchev–Trinajstić information content (AvgIpc) is 4.12. The Hall–Kier alpha value is -8.67. The van der Waals surface area contributed by atoms with E-state index in [1.807, 2.05) is 60.7 Å². The zero-order chi connectivity index (χ0) is 58.8. The molecule has 9 amide bonds. The third kappa shape index (κ3) is 18.4. The number of benzene rings is 3. The molecule has 0 bridgehead atoms. The molecule has 1 aliphatic rings. The number of H-pyrrole nitrogens is 2. The minimum absolute atomic E-state index is 0.0455. The van der Waals surface area contributed by atoms with E-state index in [4.69, 9.17) is 5.73 Å². The Morgan fingerprint density at radius 3 is 1.99 bits per heavy atom. The number of primary amides is 1. The molecule has 6 rings (SSSR count). The van der Waals surface area contributed by atoms with Gasteiger partial charge in [0.2, 0.25) is 53.2 Å². The van der Waals surface area contributed by atoms with Gasteiger partial charge in [0.25, 0.3) is 0 Å². The van der Waals surface area contributed by atoms with E-state index in [9.17, 15) is 53.1 Å². The van der Waals surface area contributed by atoms with Gasteiger partial charge in [0.1, 0.15) is 42.3 Å². The highest BCUT2D eigenvalue weighted by Crippen LogP contribution is 2.21. The summed E-state index contributed by atoms with van der Waals surface area (Å²) in [6.45, 7) is 8.23. The minimum atomic E-state index is -1.45. The number of carboxylic acids is 1. The number of carbonyl (C=O) groups is 10. The molecule has 0 aliphatic carbocycles. The van der Waals surface area contributed by atoms with Gasteiger partial charge in [0.15, 0.2) is 0 Å². The summed E-state index contributed by atoms with van der Waals surface area (Å²) in [5, 5.41) is 36.6. The van der Waals surface area contributed by atoms with Crippen molar-refractivity contribution in [1.29, 1.82) is 0 Å². The molecule has 8 atom stereocenters. The van der Waals surface area contributed by atoms with Gasteiger partial charge in [-0.25, -0.2) is 9.78 Å².